The van der Waals surface area contributed by atoms with Gasteiger partial charge in [0.1, 0.15) is 10.6 Å². The van der Waals surface area contributed by atoms with Crippen LogP contribution in [0.1, 0.15) is 13.8 Å². The van der Waals surface area contributed by atoms with Crippen molar-refractivity contribution in [3.8, 4) is 0 Å². The van der Waals surface area contributed by atoms with Crippen molar-refractivity contribution < 1.29 is 22.4 Å². The van der Waals surface area contributed by atoms with Gasteiger partial charge in [-0.15, -0.1) is 0 Å². The number of rotatable bonds is 4. The molecule has 2 rings (SSSR count). The maximum atomic E-state index is 12.0. The number of carbonyl (C=O) groups is 1. The Morgan fingerprint density at radius 1 is 1.09 bits per heavy atom. The molecular formula is C14H12N2O6S. The van der Waals surface area contributed by atoms with Crippen molar-refractivity contribution in [1.82, 2.24) is 0 Å². The summed E-state index contributed by atoms with van der Waals surface area (Å²) < 4.78 is 28.6. The molecule has 0 aliphatic heterocycles. The summed E-state index contributed by atoms with van der Waals surface area (Å²) in [5.41, 5.74) is 0.935. The topological polar surface area (TPSA) is 116 Å². The molecule has 0 spiro atoms. The lowest BCUT2D eigenvalue weighted by Gasteiger charge is -2.10. The molecule has 0 aromatic heterocycles. The monoisotopic (exact) mass is 336 g/mol. The van der Waals surface area contributed by atoms with Crippen LogP contribution in [0.4, 0.5) is 5.69 Å². The van der Waals surface area contributed by atoms with Gasteiger partial charge in [-0.2, -0.15) is 8.42 Å². The first kappa shape index (κ1) is 16.6. The van der Waals surface area contributed by atoms with Crippen LogP contribution in [0.5, 0.6) is 0 Å². The molecule has 0 unspecified atom stereocenters. The lowest BCUT2D eigenvalue weighted by atomic mass is 9.97. The van der Waals surface area contributed by atoms with Gasteiger partial charge in [-0.25, -0.2) is 0 Å². The summed E-state index contributed by atoms with van der Waals surface area (Å²) >= 11 is 0. The molecule has 0 radical (unpaired) electrons. The van der Waals surface area contributed by atoms with Crippen molar-refractivity contribution in [3.63, 3.8) is 0 Å². The summed E-state index contributed by atoms with van der Waals surface area (Å²) in [6.07, 6.45) is 2.62. The molecular weight excluding hydrogens is 324 g/mol. The molecule has 0 heterocycles. The average Bonchev–Trinajstić information content (AvgIpc) is 2.52. The predicted molar refractivity (Wildman–Crippen MR) is 81.3 cm³/mol. The molecule has 1 aromatic carbocycles. The van der Waals surface area contributed by atoms with E-state index >= 15 is 0 Å². The van der Waals surface area contributed by atoms with Crippen LogP contribution in [-0.2, 0) is 19.2 Å². The third-order valence-electron chi connectivity index (χ3n) is 3.28. The van der Waals surface area contributed by atoms with Gasteiger partial charge in [0.25, 0.3) is 5.69 Å². The van der Waals surface area contributed by atoms with Crippen LogP contribution >= 0.6 is 0 Å². The fourth-order valence-electron chi connectivity index (χ4n) is 1.75. The Morgan fingerprint density at radius 3 is 2.26 bits per heavy atom. The lowest BCUT2D eigenvalue weighted by Crippen LogP contribution is -2.12. The minimum atomic E-state index is -4.21. The Balaban J connectivity index is 2.25. The first-order chi connectivity index (χ1) is 10.7. The van der Waals surface area contributed by atoms with Crippen LogP contribution in [0.3, 0.4) is 0 Å². The van der Waals surface area contributed by atoms with Gasteiger partial charge in [0, 0.05) is 17.7 Å². The van der Waals surface area contributed by atoms with E-state index in [1.807, 2.05) is 0 Å². The van der Waals surface area contributed by atoms with Crippen LogP contribution in [0, 0.1) is 10.1 Å². The van der Waals surface area contributed by atoms with E-state index in [0.717, 1.165) is 24.3 Å². The molecule has 0 saturated heterocycles. The number of oxime groups is 1. The Kier molecular flexibility index (Phi) is 4.41. The van der Waals surface area contributed by atoms with E-state index < -0.39 is 15.0 Å². The quantitative estimate of drug-likeness (QED) is 0.472. The Bertz CT molecular complexity index is 863. The number of nitro benzene ring substituents is 1. The fraction of sp³-hybridized carbons (Fsp3) is 0.143. The van der Waals surface area contributed by atoms with E-state index in [-0.39, 0.29) is 22.1 Å². The van der Waals surface area contributed by atoms with Crippen LogP contribution < -0.4 is 0 Å². The Hall–Kier alpha value is -2.81. The summed E-state index contributed by atoms with van der Waals surface area (Å²) in [5.74, 6) is -0.181. The van der Waals surface area contributed by atoms with Crippen LogP contribution in [0.2, 0.25) is 0 Å². The first-order valence-corrected chi connectivity index (χ1v) is 7.79. The maximum absolute atomic E-state index is 12.0. The largest absolute Gasteiger partial charge is 0.358 e. The Morgan fingerprint density at radius 2 is 1.70 bits per heavy atom. The standard InChI is InChI=1S/C14H12N2O6S/c1-9-10(2)14(17)8-7-13(9)15-22-23(20,21)12-5-3-11(4-6-12)16(18)19/h3-8H,1-2H3. The third-order valence-corrected chi connectivity index (χ3v) is 4.40. The van der Waals surface area contributed by atoms with Gasteiger partial charge in [0.15, 0.2) is 5.78 Å². The van der Waals surface area contributed by atoms with E-state index in [1.54, 1.807) is 13.8 Å². The number of non-ortho nitro benzene ring substituents is 1. The second kappa shape index (κ2) is 6.13. The number of benzene rings is 1. The van der Waals surface area contributed by atoms with E-state index in [9.17, 15) is 23.3 Å². The summed E-state index contributed by atoms with van der Waals surface area (Å²) in [6.45, 7) is 3.22. The van der Waals surface area contributed by atoms with Gasteiger partial charge >= 0.3 is 10.1 Å². The molecule has 0 N–H and O–H groups in total. The average molecular weight is 336 g/mol. The normalized spacial score (nSPS) is 16.8. The molecule has 0 fully saturated rings. The highest BCUT2D eigenvalue weighted by atomic mass is 32.2. The number of nitro groups is 1. The zero-order valence-electron chi connectivity index (χ0n) is 12.2. The molecule has 120 valence electrons. The van der Waals surface area contributed by atoms with Crippen molar-refractivity contribution in [2.24, 2.45) is 5.16 Å². The van der Waals surface area contributed by atoms with Crippen molar-refractivity contribution >= 4 is 27.3 Å². The molecule has 0 saturated carbocycles. The van der Waals surface area contributed by atoms with Crippen molar-refractivity contribution in [2.75, 3.05) is 0 Å². The number of nitrogens with zero attached hydrogens (tertiary/aromatic N) is 2. The highest BCUT2D eigenvalue weighted by Crippen LogP contribution is 2.19. The Labute approximate surface area is 132 Å². The van der Waals surface area contributed by atoms with Gasteiger partial charge in [-0.1, -0.05) is 5.16 Å². The number of allylic oxidation sites excluding steroid dienone is 4. The third kappa shape index (κ3) is 3.51. The summed E-state index contributed by atoms with van der Waals surface area (Å²) in [7, 11) is -4.21. The van der Waals surface area contributed by atoms with Gasteiger partial charge in [-0.05, 0) is 43.7 Å². The van der Waals surface area contributed by atoms with Gasteiger partial charge in [0.2, 0.25) is 0 Å². The SMILES string of the molecule is CC1=C(C)C(=NOS(=O)(=O)c2ccc([N+](=O)[O-])cc2)C=CC1=O. The van der Waals surface area contributed by atoms with Gasteiger partial charge in [-0.3, -0.25) is 19.2 Å². The van der Waals surface area contributed by atoms with E-state index in [2.05, 4.69) is 9.44 Å². The van der Waals surface area contributed by atoms with E-state index in [4.69, 9.17) is 0 Å². The predicted octanol–water partition coefficient (Wildman–Crippen LogP) is 2.13. The zero-order chi connectivity index (χ0) is 17.2. The first-order valence-electron chi connectivity index (χ1n) is 6.39. The van der Waals surface area contributed by atoms with Crippen LogP contribution in [0.25, 0.3) is 0 Å². The number of hydrogen-bond acceptors (Lipinski definition) is 7. The fourth-order valence-corrected chi connectivity index (χ4v) is 2.48. The van der Waals surface area contributed by atoms with Crippen molar-refractivity contribution in [3.05, 3.63) is 57.7 Å². The molecule has 1 aromatic rings. The summed E-state index contributed by atoms with van der Waals surface area (Å²) in [5, 5.41) is 14.1. The highest BCUT2D eigenvalue weighted by molar-refractivity contribution is 7.86. The molecule has 0 bridgehead atoms. The minimum Gasteiger partial charge on any atom is -0.290 e. The summed E-state index contributed by atoms with van der Waals surface area (Å²) in [6, 6.07) is 4.22. The molecule has 8 nitrogen and oxygen atoms in total. The van der Waals surface area contributed by atoms with Crippen LogP contribution in [0.15, 0.2) is 57.6 Å². The number of carbonyl (C=O) groups excluding carboxylic acids is 1. The number of ketones is 1. The molecule has 0 amide bonds. The zero-order valence-corrected chi connectivity index (χ0v) is 13.0. The molecule has 0 atom stereocenters. The van der Waals surface area contributed by atoms with Crippen molar-refractivity contribution in [2.45, 2.75) is 18.7 Å². The van der Waals surface area contributed by atoms with Crippen molar-refractivity contribution in [1.29, 1.82) is 0 Å². The maximum Gasteiger partial charge on any atom is 0.358 e. The lowest BCUT2D eigenvalue weighted by molar-refractivity contribution is -0.384. The molecule has 1 aliphatic rings. The molecule has 9 heteroatoms. The van der Waals surface area contributed by atoms with E-state index in [1.165, 1.54) is 12.2 Å². The molecule has 23 heavy (non-hydrogen) atoms. The molecule has 1 aliphatic carbocycles. The van der Waals surface area contributed by atoms with Gasteiger partial charge in [0.05, 0.1) is 4.92 Å². The second-order valence-electron chi connectivity index (χ2n) is 4.70. The highest BCUT2D eigenvalue weighted by Gasteiger charge is 2.19. The minimum absolute atomic E-state index is 0.181. The number of hydrogen-bond donors (Lipinski definition) is 0. The van der Waals surface area contributed by atoms with E-state index in [0.29, 0.717) is 11.1 Å². The van der Waals surface area contributed by atoms with Gasteiger partial charge < -0.3 is 0 Å². The van der Waals surface area contributed by atoms with Crippen LogP contribution in [-0.4, -0.2) is 24.8 Å². The smallest absolute Gasteiger partial charge is 0.290 e. The summed E-state index contributed by atoms with van der Waals surface area (Å²) in [4.78, 5) is 21.1. The second-order valence-corrected chi connectivity index (χ2v) is 6.23.